The van der Waals surface area contributed by atoms with Crippen molar-refractivity contribution in [2.75, 3.05) is 13.8 Å². The number of fused-ring (bicyclic) bond motifs is 1. The molecule has 1 unspecified atom stereocenters. The molecule has 1 fully saturated rings. The van der Waals surface area contributed by atoms with E-state index < -0.39 is 5.97 Å². The Morgan fingerprint density at radius 1 is 1.05 bits per heavy atom. The Balaban J connectivity index is 1.58. The van der Waals surface area contributed by atoms with Crippen LogP contribution in [0.4, 0.5) is 4.39 Å². The van der Waals surface area contributed by atoms with Gasteiger partial charge >= 0.3 is 5.97 Å². The van der Waals surface area contributed by atoms with Crippen LogP contribution in [0, 0.1) is 12.8 Å². The first kappa shape index (κ1) is 26.9. The molecule has 0 aromatic heterocycles. The van der Waals surface area contributed by atoms with Crippen molar-refractivity contribution in [1.29, 1.82) is 0 Å². The summed E-state index contributed by atoms with van der Waals surface area (Å²) in [6.45, 7) is 1.89. The number of rotatable bonds is 8. The molecule has 3 aromatic rings. The van der Waals surface area contributed by atoms with Gasteiger partial charge in [0.25, 0.3) is 0 Å². The molecule has 1 saturated carbocycles. The zero-order valence-corrected chi connectivity index (χ0v) is 22.9. The van der Waals surface area contributed by atoms with Gasteiger partial charge in [0, 0.05) is 0 Å². The van der Waals surface area contributed by atoms with E-state index in [1.54, 1.807) is 13.2 Å². The molecule has 4 heteroatoms. The third-order valence-corrected chi connectivity index (χ3v) is 8.37. The number of carbonyl (C=O) groups is 1. The maximum atomic E-state index is 12.6. The van der Waals surface area contributed by atoms with E-state index in [9.17, 15) is 14.3 Å². The second kappa shape index (κ2) is 12.0. The van der Waals surface area contributed by atoms with Crippen LogP contribution in [-0.2, 0) is 6.42 Å². The second-order valence-electron chi connectivity index (χ2n) is 10.9. The summed E-state index contributed by atoms with van der Waals surface area (Å²) in [5.41, 5.74) is 11.0. The second-order valence-corrected chi connectivity index (χ2v) is 10.9. The zero-order valence-electron chi connectivity index (χ0n) is 22.9. The largest absolute Gasteiger partial charge is 0.496 e. The molecule has 3 aromatic carbocycles. The number of halogens is 1. The Bertz CT molecular complexity index is 1410. The number of hydrogen-bond acceptors (Lipinski definition) is 2. The van der Waals surface area contributed by atoms with Crippen molar-refractivity contribution in [3.63, 3.8) is 0 Å². The van der Waals surface area contributed by atoms with E-state index in [0.717, 1.165) is 72.9 Å². The van der Waals surface area contributed by atoms with Crippen LogP contribution in [0.15, 0.2) is 66.2 Å². The molecule has 0 radical (unpaired) electrons. The average Bonchev–Trinajstić information content (AvgIpc) is 3.30. The van der Waals surface area contributed by atoms with Crippen LogP contribution in [0.5, 0.6) is 5.75 Å². The number of carboxylic acid groups (broad SMARTS) is 1. The van der Waals surface area contributed by atoms with E-state index in [1.807, 2.05) is 24.3 Å². The van der Waals surface area contributed by atoms with Gasteiger partial charge in [-0.1, -0.05) is 54.1 Å². The lowest BCUT2D eigenvalue weighted by molar-refractivity contribution is 0.0696. The van der Waals surface area contributed by atoms with Crippen molar-refractivity contribution < 1.29 is 19.0 Å². The van der Waals surface area contributed by atoms with Crippen molar-refractivity contribution in [3.8, 4) is 5.75 Å². The third kappa shape index (κ3) is 5.85. The highest BCUT2D eigenvalue weighted by Gasteiger charge is 2.23. The Morgan fingerprint density at radius 3 is 2.62 bits per heavy atom. The molecule has 0 spiro atoms. The summed E-state index contributed by atoms with van der Waals surface area (Å²) in [6, 6.07) is 20.5. The van der Waals surface area contributed by atoms with Gasteiger partial charge in [-0.15, -0.1) is 0 Å². The molecule has 0 bridgehead atoms. The quantitative estimate of drug-likeness (QED) is 0.320. The Labute approximate surface area is 231 Å². The molecular formula is C35H37FO3. The van der Waals surface area contributed by atoms with E-state index in [-0.39, 0.29) is 6.67 Å². The van der Waals surface area contributed by atoms with Gasteiger partial charge in [-0.2, -0.15) is 0 Å². The predicted molar refractivity (Wildman–Crippen MR) is 157 cm³/mol. The fourth-order valence-electron chi connectivity index (χ4n) is 6.37. The lowest BCUT2D eigenvalue weighted by Gasteiger charge is -2.19. The van der Waals surface area contributed by atoms with Crippen molar-refractivity contribution in [1.82, 2.24) is 0 Å². The summed E-state index contributed by atoms with van der Waals surface area (Å²) < 4.78 is 18.3. The number of carboxylic acids is 1. The molecule has 0 saturated heterocycles. The fourth-order valence-corrected chi connectivity index (χ4v) is 6.37. The normalized spacial score (nSPS) is 18.2. The number of alkyl halides is 1. The molecule has 2 aliphatic rings. The van der Waals surface area contributed by atoms with E-state index in [1.165, 1.54) is 27.8 Å². The maximum Gasteiger partial charge on any atom is 0.335 e. The molecule has 3 nitrogen and oxygen atoms in total. The zero-order chi connectivity index (χ0) is 27.4. The Hall–Kier alpha value is -3.66. The highest BCUT2D eigenvalue weighted by Crippen LogP contribution is 2.42. The van der Waals surface area contributed by atoms with Gasteiger partial charge in [-0.05, 0) is 127 Å². The topological polar surface area (TPSA) is 46.5 Å². The predicted octanol–water partition coefficient (Wildman–Crippen LogP) is 8.93. The van der Waals surface area contributed by atoms with Gasteiger partial charge in [0.1, 0.15) is 5.75 Å². The van der Waals surface area contributed by atoms with E-state index in [2.05, 4.69) is 43.3 Å². The lowest BCUT2D eigenvalue weighted by Crippen LogP contribution is -2.02. The van der Waals surface area contributed by atoms with Gasteiger partial charge in [0.2, 0.25) is 0 Å². The summed E-state index contributed by atoms with van der Waals surface area (Å²) in [7, 11) is 1.71. The summed E-state index contributed by atoms with van der Waals surface area (Å²) in [6.07, 6.45) is 9.97. The number of allylic oxidation sites excluding steroid dienone is 2. The number of ether oxygens (including phenoxy) is 1. The van der Waals surface area contributed by atoms with Crippen LogP contribution in [0.2, 0.25) is 0 Å². The third-order valence-electron chi connectivity index (χ3n) is 8.37. The first-order valence-electron chi connectivity index (χ1n) is 14.1. The molecule has 0 amide bonds. The fraction of sp³-hybridized carbons (Fsp3) is 0.343. The minimum Gasteiger partial charge on any atom is -0.496 e. The van der Waals surface area contributed by atoms with Gasteiger partial charge in [0.05, 0.1) is 19.3 Å². The van der Waals surface area contributed by atoms with Crippen LogP contribution >= 0.6 is 0 Å². The molecule has 5 rings (SSSR count). The van der Waals surface area contributed by atoms with E-state index in [4.69, 9.17) is 4.74 Å². The number of methoxy groups -OCH3 is 1. The molecule has 1 atom stereocenters. The minimum absolute atomic E-state index is 0.217. The number of benzene rings is 3. The average molecular weight is 525 g/mol. The Morgan fingerprint density at radius 2 is 1.87 bits per heavy atom. The summed E-state index contributed by atoms with van der Waals surface area (Å²) in [4.78, 5) is 11.7. The van der Waals surface area contributed by atoms with Crippen molar-refractivity contribution in [2.45, 2.75) is 58.3 Å². The van der Waals surface area contributed by atoms with Gasteiger partial charge in [-0.25, -0.2) is 4.79 Å². The number of aromatic carboxylic acids is 1. The standard InChI is InChI=1S/C35H37FO3/c1-23-30(8-4-10-33(23)39-2)32-9-3-7-28-22-29(35(37)38)17-18-31(28)34(32)27-15-13-25(14-16-27)21-26-12-11-24(20-26)6-5-19-36/h4,8,10,13-18,21-22,24H,3,5-7,9,11-12,19-20H2,1-2H3,(H,37,38)/b26-21-. The maximum absolute atomic E-state index is 12.6. The summed E-state index contributed by atoms with van der Waals surface area (Å²) in [5, 5.41) is 9.62. The molecule has 1 N–H and O–H groups in total. The highest BCUT2D eigenvalue weighted by atomic mass is 19.1. The highest BCUT2D eigenvalue weighted by molar-refractivity contribution is 6.01. The number of aryl methyl sites for hydroxylation is 1. The SMILES string of the molecule is COc1cccc(C2=C(c3ccc(/C=C4/CCC(CCCF)C4)cc3)c3ccc(C(=O)O)cc3CCC2)c1C. The lowest BCUT2D eigenvalue weighted by atomic mass is 9.85. The first-order chi connectivity index (χ1) is 19.0. The van der Waals surface area contributed by atoms with Crippen LogP contribution in [0.1, 0.15) is 88.7 Å². The molecule has 39 heavy (non-hydrogen) atoms. The molecule has 202 valence electrons. The molecule has 2 aliphatic carbocycles. The van der Waals surface area contributed by atoms with Crippen molar-refractivity contribution in [2.24, 2.45) is 5.92 Å². The first-order valence-corrected chi connectivity index (χ1v) is 14.1. The van der Waals surface area contributed by atoms with E-state index >= 15 is 0 Å². The van der Waals surface area contributed by atoms with Crippen molar-refractivity contribution in [3.05, 3.63) is 105 Å². The van der Waals surface area contributed by atoms with E-state index in [0.29, 0.717) is 17.9 Å². The van der Waals surface area contributed by atoms with Crippen LogP contribution < -0.4 is 4.74 Å². The van der Waals surface area contributed by atoms with Crippen LogP contribution in [0.25, 0.3) is 17.2 Å². The Kier molecular flexibility index (Phi) is 8.30. The number of hydrogen-bond donors (Lipinski definition) is 1. The van der Waals surface area contributed by atoms with Gasteiger partial charge in [0.15, 0.2) is 0 Å². The summed E-state index contributed by atoms with van der Waals surface area (Å²) in [5.74, 6) is 0.587. The van der Waals surface area contributed by atoms with Crippen molar-refractivity contribution >= 4 is 23.2 Å². The van der Waals surface area contributed by atoms with Gasteiger partial charge < -0.3 is 9.84 Å². The van der Waals surface area contributed by atoms with Gasteiger partial charge in [-0.3, -0.25) is 4.39 Å². The van der Waals surface area contributed by atoms with Crippen LogP contribution in [0.3, 0.4) is 0 Å². The van der Waals surface area contributed by atoms with Crippen LogP contribution in [-0.4, -0.2) is 24.9 Å². The minimum atomic E-state index is -0.896. The molecule has 0 heterocycles. The monoisotopic (exact) mass is 524 g/mol. The smallest absolute Gasteiger partial charge is 0.335 e. The summed E-state index contributed by atoms with van der Waals surface area (Å²) >= 11 is 0. The molecule has 0 aliphatic heterocycles. The molecular weight excluding hydrogens is 487 g/mol.